The van der Waals surface area contributed by atoms with Crippen molar-refractivity contribution >= 4 is 23.6 Å². The van der Waals surface area contributed by atoms with E-state index in [1.54, 1.807) is 42.5 Å². The van der Waals surface area contributed by atoms with Gasteiger partial charge >= 0.3 is 0 Å². The molecule has 138 valence electrons. The fourth-order valence-electron chi connectivity index (χ4n) is 3.10. The molecular formula is C21H20N2O4. The zero-order valence-corrected chi connectivity index (χ0v) is 14.7. The van der Waals surface area contributed by atoms with Gasteiger partial charge in [-0.25, -0.2) is 0 Å². The predicted molar refractivity (Wildman–Crippen MR) is 101 cm³/mol. The van der Waals surface area contributed by atoms with Gasteiger partial charge in [-0.05, 0) is 48.7 Å². The molecule has 6 nitrogen and oxygen atoms in total. The van der Waals surface area contributed by atoms with Crippen LogP contribution in [0.4, 0.5) is 5.69 Å². The van der Waals surface area contributed by atoms with Crippen LogP contribution in [0, 0.1) is 0 Å². The summed E-state index contributed by atoms with van der Waals surface area (Å²) in [5.41, 5.74) is 1.99. The topological polar surface area (TPSA) is 76.7 Å². The first-order chi connectivity index (χ1) is 13.2. The Kier molecular flexibility index (Phi) is 4.89. The highest BCUT2D eigenvalue weighted by molar-refractivity contribution is 6.08. The second-order valence-electron chi connectivity index (χ2n) is 6.53. The molecule has 0 bridgehead atoms. The summed E-state index contributed by atoms with van der Waals surface area (Å²) in [5.74, 6) is 0.384. The third-order valence-corrected chi connectivity index (χ3v) is 4.56. The van der Waals surface area contributed by atoms with Crippen molar-refractivity contribution < 1.29 is 19.1 Å². The Hall–Kier alpha value is -3.12. The molecular weight excluding hydrogens is 344 g/mol. The third-order valence-electron chi connectivity index (χ3n) is 4.56. The number of benzene rings is 2. The van der Waals surface area contributed by atoms with Crippen LogP contribution in [0.3, 0.4) is 0 Å². The fourth-order valence-corrected chi connectivity index (χ4v) is 3.10. The van der Waals surface area contributed by atoms with Crippen molar-refractivity contribution in [3.63, 3.8) is 0 Å². The molecule has 0 aliphatic carbocycles. The van der Waals surface area contributed by atoms with E-state index < -0.39 is 0 Å². The minimum atomic E-state index is -0.299. The molecule has 1 unspecified atom stereocenters. The summed E-state index contributed by atoms with van der Waals surface area (Å²) in [4.78, 5) is 24.4. The molecule has 1 atom stereocenters. The Balaban J connectivity index is 1.42. The van der Waals surface area contributed by atoms with Crippen LogP contribution < -0.4 is 15.4 Å². The Morgan fingerprint density at radius 2 is 2.00 bits per heavy atom. The SMILES string of the molecule is O=C1Nc2ccccc2OC1=Cc1ccc(C(=O)NCC2CCCO2)cc1. The van der Waals surface area contributed by atoms with E-state index in [0.717, 1.165) is 25.0 Å². The maximum Gasteiger partial charge on any atom is 0.291 e. The third kappa shape index (κ3) is 4.01. The molecule has 2 aromatic rings. The second-order valence-corrected chi connectivity index (χ2v) is 6.53. The Morgan fingerprint density at radius 3 is 2.78 bits per heavy atom. The van der Waals surface area contributed by atoms with Crippen molar-refractivity contribution in [3.8, 4) is 5.75 Å². The number of nitrogens with one attached hydrogen (secondary N) is 2. The molecule has 0 aromatic heterocycles. The highest BCUT2D eigenvalue weighted by Crippen LogP contribution is 2.30. The molecule has 1 saturated heterocycles. The van der Waals surface area contributed by atoms with Gasteiger partial charge in [0.1, 0.15) is 0 Å². The first kappa shape index (κ1) is 17.3. The van der Waals surface area contributed by atoms with E-state index in [1.807, 2.05) is 12.1 Å². The van der Waals surface area contributed by atoms with E-state index in [9.17, 15) is 9.59 Å². The Bertz CT molecular complexity index is 883. The quantitative estimate of drug-likeness (QED) is 0.818. The van der Waals surface area contributed by atoms with Crippen molar-refractivity contribution in [3.05, 3.63) is 65.4 Å². The van der Waals surface area contributed by atoms with Gasteiger partial charge in [0.15, 0.2) is 11.5 Å². The molecule has 4 rings (SSSR count). The molecule has 0 saturated carbocycles. The van der Waals surface area contributed by atoms with E-state index in [1.165, 1.54) is 0 Å². The maximum absolute atomic E-state index is 12.2. The molecule has 2 heterocycles. The van der Waals surface area contributed by atoms with Gasteiger partial charge in [0.05, 0.1) is 11.8 Å². The van der Waals surface area contributed by atoms with Crippen molar-refractivity contribution in [2.75, 3.05) is 18.5 Å². The highest BCUT2D eigenvalue weighted by atomic mass is 16.5. The van der Waals surface area contributed by atoms with Gasteiger partial charge in [0, 0.05) is 18.7 Å². The van der Waals surface area contributed by atoms with Gasteiger partial charge in [0.25, 0.3) is 11.8 Å². The number of rotatable bonds is 4. The molecule has 2 amide bonds. The normalized spacial score (nSPS) is 19.9. The number of carbonyl (C=O) groups is 2. The van der Waals surface area contributed by atoms with Crippen LogP contribution in [0.5, 0.6) is 5.75 Å². The van der Waals surface area contributed by atoms with Crippen LogP contribution in [0.1, 0.15) is 28.8 Å². The summed E-state index contributed by atoms with van der Waals surface area (Å²) in [6.07, 6.45) is 3.80. The summed E-state index contributed by atoms with van der Waals surface area (Å²) in [7, 11) is 0. The molecule has 27 heavy (non-hydrogen) atoms. The van der Waals surface area contributed by atoms with Crippen molar-refractivity contribution in [2.45, 2.75) is 18.9 Å². The lowest BCUT2D eigenvalue weighted by molar-refractivity contribution is -0.115. The number of hydrogen-bond acceptors (Lipinski definition) is 4. The monoisotopic (exact) mass is 364 g/mol. The zero-order chi connectivity index (χ0) is 18.6. The molecule has 6 heteroatoms. The van der Waals surface area contributed by atoms with E-state index >= 15 is 0 Å². The van der Waals surface area contributed by atoms with E-state index in [4.69, 9.17) is 9.47 Å². The summed E-state index contributed by atoms with van der Waals surface area (Å²) in [6, 6.07) is 14.3. The number of hydrogen-bond donors (Lipinski definition) is 2. The molecule has 2 aliphatic heterocycles. The van der Waals surface area contributed by atoms with Crippen molar-refractivity contribution in [2.24, 2.45) is 0 Å². The first-order valence-electron chi connectivity index (χ1n) is 8.99. The Morgan fingerprint density at radius 1 is 1.19 bits per heavy atom. The zero-order valence-electron chi connectivity index (χ0n) is 14.7. The number of carbonyl (C=O) groups excluding carboxylic acids is 2. The molecule has 0 spiro atoms. The van der Waals surface area contributed by atoms with Gasteiger partial charge in [-0.3, -0.25) is 9.59 Å². The lowest BCUT2D eigenvalue weighted by Crippen LogP contribution is -2.31. The summed E-state index contributed by atoms with van der Waals surface area (Å²) < 4.78 is 11.2. The molecule has 2 N–H and O–H groups in total. The van der Waals surface area contributed by atoms with Crippen molar-refractivity contribution in [1.82, 2.24) is 5.32 Å². The van der Waals surface area contributed by atoms with Crippen LogP contribution in [-0.4, -0.2) is 31.1 Å². The van der Waals surface area contributed by atoms with Gasteiger partial charge < -0.3 is 20.1 Å². The predicted octanol–water partition coefficient (Wildman–Crippen LogP) is 2.97. The van der Waals surface area contributed by atoms with Crippen molar-refractivity contribution in [1.29, 1.82) is 0 Å². The van der Waals surface area contributed by atoms with Crippen LogP contribution in [-0.2, 0) is 9.53 Å². The Labute approximate surface area is 157 Å². The molecule has 1 fully saturated rings. The van der Waals surface area contributed by atoms with Gasteiger partial charge in [-0.2, -0.15) is 0 Å². The molecule has 2 aromatic carbocycles. The van der Waals surface area contributed by atoms with Crippen LogP contribution in [0.25, 0.3) is 6.08 Å². The fraction of sp³-hybridized carbons (Fsp3) is 0.238. The standard InChI is InChI=1S/C21H20N2O4/c24-20(22-13-16-4-3-11-26-16)15-9-7-14(8-10-15)12-19-21(25)23-17-5-1-2-6-18(17)27-19/h1-2,5-10,12,16H,3-4,11,13H2,(H,22,24)(H,23,25). The van der Waals surface area contributed by atoms with Gasteiger partial charge in [-0.15, -0.1) is 0 Å². The van der Waals surface area contributed by atoms with E-state index in [0.29, 0.717) is 23.5 Å². The lowest BCUT2D eigenvalue weighted by Gasteiger charge is -2.19. The minimum Gasteiger partial charge on any atom is -0.449 e. The summed E-state index contributed by atoms with van der Waals surface area (Å²) in [5, 5.41) is 5.69. The van der Waals surface area contributed by atoms with E-state index in [2.05, 4.69) is 10.6 Å². The van der Waals surface area contributed by atoms with Gasteiger partial charge in [0.2, 0.25) is 0 Å². The first-order valence-corrected chi connectivity index (χ1v) is 8.99. The average Bonchev–Trinajstić information content (AvgIpc) is 3.21. The largest absolute Gasteiger partial charge is 0.449 e. The van der Waals surface area contributed by atoms with Crippen LogP contribution in [0.15, 0.2) is 54.3 Å². The summed E-state index contributed by atoms with van der Waals surface area (Å²) in [6.45, 7) is 1.29. The van der Waals surface area contributed by atoms with Crippen LogP contribution >= 0.6 is 0 Å². The number of fused-ring (bicyclic) bond motifs is 1. The summed E-state index contributed by atoms with van der Waals surface area (Å²) >= 11 is 0. The second kappa shape index (κ2) is 7.63. The van der Waals surface area contributed by atoms with Crippen LogP contribution in [0.2, 0.25) is 0 Å². The van der Waals surface area contributed by atoms with Gasteiger partial charge in [-0.1, -0.05) is 24.3 Å². The number of anilines is 1. The highest BCUT2D eigenvalue weighted by Gasteiger charge is 2.21. The molecule has 2 aliphatic rings. The lowest BCUT2D eigenvalue weighted by atomic mass is 10.1. The smallest absolute Gasteiger partial charge is 0.291 e. The number of amides is 2. The van der Waals surface area contributed by atoms with E-state index in [-0.39, 0.29) is 23.7 Å². The maximum atomic E-state index is 12.2. The minimum absolute atomic E-state index is 0.114. The number of ether oxygens (including phenoxy) is 2. The number of para-hydroxylation sites is 2. The molecule has 0 radical (unpaired) electrons. The average molecular weight is 364 g/mol.